The number of rotatable bonds is 1. The fourth-order valence-corrected chi connectivity index (χ4v) is 2.97. The molecule has 19 heavy (non-hydrogen) atoms. The molecule has 2 aromatic heterocycles. The van der Waals surface area contributed by atoms with E-state index in [2.05, 4.69) is 32.0 Å². The normalized spacial score (nSPS) is 27.9. The number of anilines is 2. The first-order valence-electron chi connectivity index (χ1n) is 6.38. The molecule has 2 unspecified atom stereocenters. The van der Waals surface area contributed by atoms with Crippen LogP contribution in [0.1, 0.15) is 20.3 Å². The van der Waals surface area contributed by atoms with E-state index in [1.54, 1.807) is 6.20 Å². The summed E-state index contributed by atoms with van der Waals surface area (Å²) in [5.41, 5.74) is 5.64. The number of nitrogens with two attached hydrogens (primary N) is 1. The highest BCUT2D eigenvalue weighted by atomic mass is 16.3. The lowest BCUT2D eigenvalue weighted by Gasteiger charge is -2.41. The molecule has 0 aromatic carbocycles. The highest BCUT2D eigenvalue weighted by Gasteiger charge is 2.34. The van der Waals surface area contributed by atoms with Gasteiger partial charge in [0.05, 0.1) is 17.2 Å². The molecule has 2 atom stereocenters. The van der Waals surface area contributed by atoms with Crippen LogP contribution in [0.2, 0.25) is 0 Å². The van der Waals surface area contributed by atoms with Gasteiger partial charge in [-0.1, -0.05) is 6.92 Å². The van der Waals surface area contributed by atoms with Gasteiger partial charge in [0.15, 0.2) is 5.65 Å². The van der Waals surface area contributed by atoms with E-state index in [0.29, 0.717) is 18.1 Å². The zero-order valence-corrected chi connectivity index (χ0v) is 11.1. The Bertz CT molecular complexity index is 607. The van der Waals surface area contributed by atoms with Gasteiger partial charge in [-0.15, -0.1) is 0 Å². The topological polar surface area (TPSA) is 104 Å². The maximum absolute atomic E-state index is 10.3. The molecule has 0 bridgehead atoms. The number of aromatic nitrogens is 4. The van der Waals surface area contributed by atoms with Gasteiger partial charge < -0.3 is 15.7 Å². The summed E-state index contributed by atoms with van der Waals surface area (Å²) in [6, 6.07) is 0. The minimum Gasteiger partial charge on any atom is -0.388 e. The SMILES string of the molecule is CC1CN(c2nc(N)nc3[nH]ncc23)CC(C)(O)C1. The second-order valence-electron chi connectivity index (χ2n) is 5.72. The fraction of sp³-hybridized carbons (Fsp3) is 0.583. The summed E-state index contributed by atoms with van der Waals surface area (Å²) in [5, 5.41) is 17.9. The average molecular weight is 262 g/mol. The molecule has 2 aromatic rings. The number of nitrogens with zero attached hydrogens (tertiary/aromatic N) is 4. The van der Waals surface area contributed by atoms with Crippen molar-refractivity contribution in [2.45, 2.75) is 25.9 Å². The lowest BCUT2D eigenvalue weighted by molar-refractivity contribution is 0.0283. The second-order valence-corrected chi connectivity index (χ2v) is 5.72. The van der Waals surface area contributed by atoms with E-state index in [1.165, 1.54) is 0 Å². The third-order valence-corrected chi connectivity index (χ3v) is 3.46. The van der Waals surface area contributed by atoms with Crippen LogP contribution in [0.25, 0.3) is 11.0 Å². The first kappa shape index (κ1) is 12.2. The fourth-order valence-electron chi connectivity index (χ4n) is 2.97. The summed E-state index contributed by atoms with van der Waals surface area (Å²) in [6.07, 6.45) is 2.48. The van der Waals surface area contributed by atoms with Gasteiger partial charge in [-0.05, 0) is 19.3 Å². The lowest BCUT2D eigenvalue weighted by Crippen LogP contribution is -2.49. The molecule has 4 N–H and O–H groups in total. The Morgan fingerprint density at radius 1 is 1.53 bits per heavy atom. The Labute approximate surface area is 110 Å². The molecule has 0 aliphatic carbocycles. The number of nitrogen functional groups attached to an aromatic ring is 1. The zero-order valence-electron chi connectivity index (χ0n) is 11.1. The quantitative estimate of drug-likeness (QED) is 0.692. The second kappa shape index (κ2) is 4.06. The monoisotopic (exact) mass is 262 g/mol. The van der Waals surface area contributed by atoms with Gasteiger partial charge in [0.2, 0.25) is 5.95 Å². The highest BCUT2D eigenvalue weighted by Crippen LogP contribution is 2.31. The van der Waals surface area contributed by atoms with Gasteiger partial charge in [-0.2, -0.15) is 15.1 Å². The maximum atomic E-state index is 10.3. The molecule has 7 heteroatoms. The molecular weight excluding hydrogens is 244 g/mol. The van der Waals surface area contributed by atoms with Crippen molar-refractivity contribution in [1.29, 1.82) is 0 Å². The molecule has 102 valence electrons. The van der Waals surface area contributed by atoms with Crippen LogP contribution < -0.4 is 10.6 Å². The van der Waals surface area contributed by atoms with Crippen LogP contribution in [0.4, 0.5) is 11.8 Å². The minimum atomic E-state index is -0.715. The molecule has 7 nitrogen and oxygen atoms in total. The van der Waals surface area contributed by atoms with Crippen molar-refractivity contribution in [2.75, 3.05) is 23.7 Å². The first-order valence-corrected chi connectivity index (χ1v) is 6.38. The molecule has 0 amide bonds. The van der Waals surface area contributed by atoms with Crippen LogP contribution in [0.15, 0.2) is 6.20 Å². The maximum Gasteiger partial charge on any atom is 0.224 e. The van der Waals surface area contributed by atoms with Crippen LogP contribution >= 0.6 is 0 Å². The van der Waals surface area contributed by atoms with Crippen LogP contribution in [-0.4, -0.2) is 44.0 Å². The van der Waals surface area contributed by atoms with E-state index in [9.17, 15) is 5.11 Å². The summed E-state index contributed by atoms with van der Waals surface area (Å²) >= 11 is 0. The molecule has 1 aliphatic rings. The van der Waals surface area contributed by atoms with Crippen molar-refractivity contribution in [3.05, 3.63) is 6.20 Å². The van der Waals surface area contributed by atoms with Crippen LogP contribution in [0.3, 0.4) is 0 Å². The van der Waals surface area contributed by atoms with Gasteiger partial charge in [0.1, 0.15) is 5.82 Å². The van der Waals surface area contributed by atoms with Gasteiger partial charge >= 0.3 is 0 Å². The molecule has 3 heterocycles. The van der Waals surface area contributed by atoms with Crippen molar-refractivity contribution < 1.29 is 5.11 Å². The zero-order chi connectivity index (χ0) is 13.6. The van der Waals surface area contributed by atoms with E-state index in [1.807, 2.05) is 6.92 Å². The summed E-state index contributed by atoms with van der Waals surface area (Å²) in [4.78, 5) is 10.5. The summed E-state index contributed by atoms with van der Waals surface area (Å²) in [6.45, 7) is 5.35. The number of hydrogen-bond donors (Lipinski definition) is 3. The summed E-state index contributed by atoms with van der Waals surface area (Å²) in [7, 11) is 0. The number of H-pyrrole nitrogens is 1. The molecule has 1 saturated heterocycles. The Morgan fingerprint density at radius 3 is 3.05 bits per heavy atom. The molecule has 1 aliphatic heterocycles. The van der Waals surface area contributed by atoms with Crippen molar-refractivity contribution in [3.63, 3.8) is 0 Å². The number of fused-ring (bicyclic) bond motifs is 1. The highest BCUT2D eigenvalue weighted by molar-refractivity contribution is 5.87. The third-order valence-electron chi connectivity index (χ3n) is 3.46. The average Bonchev–Trinajstić information content (AvgIpc) is 2.72. The van der Waals surface area contributed by atoms with E-state index in [4.69, 9.17) is 5.73 Å². The van der Waals surface area contributed by atoms with Gasteiger partial charge in [0.25, 0.3) is 0 Å². The largest absolute Gasteiger partial charge is 0.388 e. The molecule has 0 spiro atoms. The van der Waals surface area contributed by atoms with Gasteiger partial charge in [0, 0.05) is 13.1 Å². The van der Waals surface area contributed by atoms with Crippen molar-refractivity contribution in [3.8, 4) is 0 Å². The Morgan fingerprint density at radius 2 is 2.32 bits per heavy atom. The van der Waals surface area contributed by atoms with Crippen molar-refractivity contribution in [2.24, 2.45) is 5.92 Å². The van der Waals surface area contributed by atoms with Crippen molar-refractivity contribution >= 4 is 22.8 Å². The lowest BCUT2D eigenvalue weighted by atomic mass is 9.88. The predicted octanol–water partition coefficient (Wildman–Crippen LogP) is 0.532. The molecule has 0 saturated carbocycles. The minimum absolute atomic E-state index is 0.213. The Kier molecular flexibility index (Phi) is 2.60. The summed E-state index contributed by atoms with van der Waals surface area (Å²) < 4.78 is 0. The van der Waals surface area contributed by atoms with E-state index in [-0.39, 0.29) is 5.95 Å². The standard InChI is InChI=1S/C12H18N6O/c1-7-3-12(2,19)6-18(5-7)10-8-4-14-17-9(8)15-11(13)16-10/h4,7,19H,3,5-6H2,1-2H3,(H3,13,14,15,16,17). The first-order chi connectivity index (χ1) is 8.94. The molecule has 3 rings (SSSR count). The number of piperidine rings is 1. The number of aromatic amines is 1. The van der Waals surface area contributed by atoms with Crippen LogP contribution in [0.5, 0.6) is 0 Å². The molecule has 1 fully saturated rings. The Balaban J connectivity index is 2.06. The molecule has 0 radical (unpaired) electrons. The van der Waals surface area contributed by atoms with Gasteiger partial charge in [-0.25, -0.2) is 0 Å². The van der Waals surface area contributed by atoms with Crippen LogP contribution in [0, 0.1) is 5.92 Å². The third kappa shape index (κ3) is 2.21. The van der Waals surface area contributed by atoms with E-state index >= 15 is 0 Å². The summed E-state index contributed by atoms with van der Waals surface area (Å²) in [5.74, 6) is 1.34. The number of hydrogen-bond acceptors (Lipinski definition) is 6. The predicted molar refractivity (Wildman–Crippen MR) is 72.7 cm³/mol. The number of nitrogens with one attached hydrogen (secondary N) is 1. The Hall–Kier alpha value is -1.89. The number of β-amino-alcohol motifs (C(OH)–C–C–N with tert-alkyl or cyclic N) is 1. The van der Waals surface area contributed by atoms with E-state index < -0.39 is 5.60 Å². The van der Waals surface area contributed by atoms with Crippen molar-refractivity contribution in [1.82, 2.24) is 20.2 Å². The number of aliphatic hydroxyl groups is 1. The van der Waals surface area contributed by atoms with Gasteiger partial charge in [-0.3, -0.25) is 5.10 Å². The smallest absolute Gasteiger partial charge is 0.224 e. The molecular formula is C12H18N6O. The van der Waals surface area contributed by atoms with Crippen LogP contribution in [-0.2, 0) is 0 Å². The van der Waals surface area contributed by atoms with E-state index in [0.717, 1.165) is 24.2 Å².